The zero-order chi connectivity index (χ0) is 10.7. The lowest BCUT2D eigenvalue weighted by Gasteiger charge is -2.13. The van der Waals surface area contributed by atoms with Crippen LogP contribution in [0.15, 0.2) is 12.1 Å². The Bertz CT molecular complexity index is 323. The van der Waals surface area contributed by atoms with Crippen LogP contribution in [0.25, 0.3) is 0 Å². The first-order chi connectivity index (χ1) is 6.60. The van der Waals surface area contributed by atoms with Gasteiger partial charge in [-0.1, -0.05) is 13.0 Å². The van der Waals surface area contributed by atoms with Crippen molar-refractivity contribution >= 4 is 0 Å². The molecule has 14 heavy (non-hydrogen) atoms. The van der Waals surface area contributed by atoms with E-state index in [1.54, 1.807) is 19.1 Å². The lowest BCUT2D eigenvalue weighted by Crippen LogP contribution is -2.04. The highest BCUT2D eigenvalue weighted by atomic mass is 19.1. The summed E-state index contributed by atoms with van der Waals surface area (Å²) in [5.74, 6) is -0.344. The summed E-state index contributed by atoms with van der Waals surface area (Å²) in [7, 11) is 1.44. The number of aliphatic hydroxyl groups is 1. The minimum atomic E-state index is -0.375. The Morgan fingerprint density at radius 2 is 2.14 bits per heavy atom. The molecule has 0 aliphatic heterocycles. The number of methoxy groups -OCH3 is 1. The summed E-state index contributed by atoms with van der Waals surface area (Å²) in [5.41, 5.74) is 1.43. The van der Waals surface area contributed by atoms with Crippen LogP contribution in [0.3, 0.4) is 0 Å². The molecule has 0 saturated carbocycles. The first kappa shape index (κ1) is 11.0. The maximum atomic E-state index is 13.7. The summed E-state index contributed by atoms with van der Waals surface area (Å²) in [4.78, 5) is 0. The molecule has 1 unspecified atom stereocenters. The zero-order valence-electron chi connectivity index (χ0n) is 8.67. The fourth-order valence-corrected chi connectivity index (χ4v) is 1.37. The molecule has 1 N–H and O–H groups in total. The molecule has 0 amide bonds. The van der Waals surface area contributed by atoms with E-state index >= 15 is 0 Å². The van der Waals surface area contributed by atoms with Gasteiger partial charge in [0.15, 0.2) is 11.6 Å². The van der Waals surface area contributed by atoms with E-state index in [-0.39, 0.29) is 24.1 Å². The van der Waals surface area contributed by atoms with Gasteiger partial charge in [0.05, 0.1) is 7.11 Å². The van der Waals surface area contributed by atoms with Crippen LogP contribution in [-0.2, 0) is 0 Å². The van der Waals surface area contributed by atoms with Crippen molar-refractivity contribution in [3.8, 4) is 5.75 Å². The van der Waals surface area contributed by atoms with Crippen molar-refractivity contribution in [2.24, 2.45) is 0 Å². The fraction of sp³-hybridized carbons (Fsp3) is 0.455. The molecule has 0 bridgehead atoms. The molecular weight excluding hydrogens is 183 g/mol. The highest BCUT2D eigenvalue weighted by molar-refractivity contribution is 5.37. The summed E-state index contributed by atoms with van der Waals surface area (Å²) in [6.07, 6.45) is 0. The van der Waals surface area contributed by atoms with Gasteiger partial charge in [-0.15, -0.1) is 0 Å². The first-order valence-corrected chi connectivity index (χ1v) is 4.55. The Kier molecular flexibility index (Phi) is 3.47. The topological polar surface area (TPSA) is 29.5 Å². The molecule has 0 aliphatic rings. The molecule has 0 radical (unpaired) electrons. The van der Waals surface area contributed by atoms with Crippen molar-refractivity contribution in [2.75, 3.05) is 13.7 Å². The highest BCUT2D eigenvalue weighted by Gasteiger charge is 2.14. The van der Waals surface area contributed by atoms with Crippen LogP contribution in [0.1, 0.15) is 24.0 Å². The maximum absolute atomic E-state index is 13.7. The Morgan fingerprint density at radius 3 is 2.64 bits per heavy atom. The number of hydrogen-bond donors (Lipinski definition) is 1. The van der Waals surface area contributed by atoms with Crippen LogP contribution >= 0.6 is 0 Å². The van der Waals surface area contributed by atoms with E-state index in [2.05, 4.69) is 0 Å². The summed E-state index contributed by atoms with van der Waals surface area (Å²) in [5, 5.41) is 8.96. The number of ether oxygens (including phenoxy) is 1. The average Bonchev–Trinajstić information content (AvgIpc) is 2.19. The molecule has 1 aromatic rings. The third-order valence-corrected chi connectivity index (χ3v) is 2.24. The third-order valence-electron chi connectivity index (χ3n) is 2.24. The van der Waals surface area contributed by atoms with Gasteiger partial charge in [-0.3, -0.25) is 0 Å². The number of rotatable bonds is 3. The van der Waals surface area contributed by atoms with E-state index in [9.17, 15) is 4.39 Å². The van der Waals surface area contributed by atoms with Crippen molar-refractivity contribution in [3.63, 3.8) is 0 Å². The van der Waals surface area contributed by atoms with Crippen LogP contribution in [0, 0.1) is 12.7 Å². The molecule has 3 heteroatoms. The minimum Gasteiger partial charge on any atom is -0.494 e. The predicted molar refractivity (Wildman–Crippen MR) is 53.2 cm³/mol. The molecule has 78 valence electrons. The molecule has 1 atom stereocenters. The lowest BCUT2D eigenvalue weighted by atomic mass is 9.99. The van der Waals surface area contributed by atoms with Gasteiger partial charge in [0.2, 0.25) is 0 Å². The van der Waals surface area contributed by atoms with Crippen molar-refractivity contribution in [2.45, 2.75) is 19.8 Å². The van der Waals surface area contributed by atoms with Crippen LogP contribution < -0.4 is 4.74 Å². The molecule has 1 aromatic carbocycles. The van der Waals surface area contributed by atoms with Crippen LogP contribution in [0.4, 0.5) is 4.39 Å². The van der Waals surface area contributed by atoms with Crippen LogP contribution in [0.5, 0.6) is 5.75 Å². The SMILES string of the molecule is COc1cc(C)cc(C(C)CO)c1F. The van der Waals surface area contributed by atoms with Gasteiger partial charge in [-0.05, 0) is 24.1 Å². The van der Waals surface area contributed by atoms with Gasteiger partial charge in [0, 0.05) is 12.5 Å². The highest BCUT2D eigenvalue weighted by Crippen LogP contribution is 2.27. The second-order valence-electron chi connectivity index (χ2n) is 3.45. The normalized spacial score (nSPS) is 12.6. The Morgan fingerprint density at radius 1 is 1.50 bits per heavy atom. The van der Waals surface area contributed by atoms with Crippen molar-refractivity contribution in [1.29, 1.82) is 0 Å². The first-order valence-electron chi connectivity index (χ1n) is 4.55. The van der Waals surface area contributed by atoms with Crippen molar-refractivity contribution in [3.05, 3.63) is 29.1 Å². The van der Waals surface area contributed by atoms with Gasteiger partial charge in [-0.25, -0.2) is 4.39 Å². The Balaban J connectivity index is 3.21. The van der Waals surface area contributed by atoms with Gasteiger partial charge in [0.1, 0.15) is 0 Å². The van der Waals surface area contributed by atoms with Crippen LogP contribution in [-0.4, -0.2) is 18.8 Å². The molecule has 0 fully saturated rings. The quantitative estimate of drug-likeness (QED) is 0.807. The summed E-state index contributed by atoms with van der Waals surface area (Å²) in [6.45, 7) is 3.58. The van der Waals surface area contributed by atoms with E-state index in [1.165, 1.54) is 7.11 Å². The van der Waals surface area contributed by atoms with E-state index < -0.39 is 0 Å². The minimum absolute atomic E-state index is 0.0659. The van der Waals surface area contributed by atoms with E-state index in [4.69, 9.17) is 9.84 Å². The molecule has 0 aromatic heterocycles. The fourth-order valence-electron chi connectivity index (χ4n) is 1.37. The number of benzene rings is 1. The summed E-state index contributed by atoms with van der Waals surface area (Å²) < 4.78 is 18.6. The smallest absolute Gasteiger partial charge is 0.168 e. The third kappa shape index (κ3) is 2.04. The van der Waals surface area contributed by atoms with Gasteiger partial charge in [0.25, 0.3) is 0 Å². The second-order valence-corrected chi connectivity index (χ2v) is 3.45. The number of aliphatic hydroxyl groups excluding tert-OH is 1. The number of halogens is 1. The molecule has 0 aliphatic carbocycles. The van der Waals surface area contributed by atoms with E-state index in [1.807, 2.05) is 6.92 Å². The number of hydrogen-bond acceptors (Lipinski definition) is 2. The van der Waals surface area contributed by atoms with Gasteiger partial charge in [-0.2, -0.15) is 0 Å². The summed E-state index contributed by atoms with van der Waals surface area (Å²) >= 11 is 0. The molecule has 1 rings (SSSR count). The molecule has 0 spiro atoms. The zero-order valence-corrected chi connectivity index (χ0v) is 8.67. The monoisotopic (exact) mass is 198 g/mol. The van der Waals surface area contributed by atoms with Crippen LogP contribution in [0.2, 0.25) is 0 Å². The van der Waals surface area contributed by atoms with Gasteiger partial charge < -0.3 is 9.84 Å². The standard InChI is InChI=1S/C11H15FO2/c1-7-4-9(8(2)6-13)11(12)10(5-7)14-3/h4-5,8,13H,6H2,1-3H3. The van der Waals surface area contributed by atoms with Gasteiger partial charge >= 0.3 is 0 Å². The lowest BCUT2D eigenvalue weighted by molar-refractivity contribution is 0.269. The average molecular weight is 198 g/mol. The molecular formula is C11H15FO2. The van der Waals surface area contributed by atoms with Crippen molar-refractivity contribution in [1.82, 2.24) is 0 Å². The van der Waals surface area contributed by atoms with Crippen molar-refractivity contribution < 1.29 is 14.2 Å². The molecule has 0 heterocycles. The molecule has 0 saturated heterocycles. The molecule has 2 nitrogen and oxygen atoms in total. The number of aryl methyl sites for hydroxylation is 1. The van der Waals surface area contributed by atoms with E-state index in [0.717, 1.165) is 5.56 Å². The summed E-state index contributed by atoms with van der Waals surface area (Å²) in [6, 6.07) is 3.38. The largest absolute Gasteiger partial charge is 0.494 e. The Hall–Kier alpha value is -1.09. The maximum Gasteiger partial charge on any atom is 0.168 e. The predicted octanol–water partition coefficient (Wildman–Crippen LogP) is 2.24. The second kappa shape index (κ2) is 4.42. The Labute approximate surface area is 83.3 Å². The van der Waals surface area contributed by atoms with E-state index in [0.29, 0.717) is 5.56 Å².